The van der Waals surface area contributed by atoms with Gasteiger partial charge in [0.2, 0.25) is 5.16 Å². The van der Waals surface area contributed by atoms with Crippen LogP contribution in [0.1, 0.15) is 30.3 Å². The van der Waals surface area contributed by atoms with Crippen molar-refractivity contribution in [2.24, 2.45) is 5.10 Å². The first kappa shape index (κ1) is 18.7. The number of aromatic hydroxyl groups is 1. The van der Waals surface area contributed by atoms with Gasteiger partial charge in [-0.25, -0.2) is 0 Å². The molecule has 0 aliphatic carbocycles. The van der Waals surface area contributed by atoms with Gasteiger partial charge in [-0.1, -0.05) is 46.7 Å². The molecule has 0 unspecified atom stereocenters. The normalized spacial score (nSPS) is 11.3. The van der Waals surface area contributed by atoms with E-state index in [0.29, 0.717) is 0 Å². The molecule has 1 N–H and O–H groups in total. The molecule has 0 bridgehead atoms. The smallest absolute Gasteiger partial charge is 0.212 e. The number of aryl methyl sites for hydroxylation is 1. The standard InChI is InChI=1S/C19H19BrN4OS/c1-2-3-18-22-23-19(26-13-15-4-8-16(20)9-5-15)24(18)21-12-14-6-10-17(25)11-7-14/h4-12,25H,2-3,13H2,1H3/b21-12+. The number of aromatic nitrogens is 3. The highest BCUT2D eigenvalue weighted by atomic mass is 79.9. The maximum atomic E-state index is 9.39. The lowest BCUT2D eigenvalue weighted by atomic mass is 10.2. The van der Waals surface area contributed by atoms with Crippen LogP contribution in [0, 0.1) is 0 Å². The summed E-state index contributed by atoms with van der Waals surface area (Å²) in [6.07, 6.45) is 3.55. The topological polar surface area (TPSA) is 63.3 Å². The van der Waals surface area contributed by atoms with Gasteiger partial charge in [0.05, 0.1) is 6.21 Å². The number of halogens is 1. The van der Waals surface area contributed by atoms with Crippen LogP contribution in [0.25, 0.3) is 0 Å². The Balaban J connectivity index is 1.79. The van der Waals surface area contributed by atoms with E-state index in [0.717, 1.165) is 39.6 Å². The van der Waals surface area contributed by atoms with E-state index in [1.165, 1.54) is 5.56 Å². The van der Waals surface area contributed by atoms with Crippen LogP contribution < -0.4 is 0 Å². The molecule has 0 atom stereocenters. The van der Waals surface area contributed by atoms with E-state index in [4.69, 9.17) is 0 Å². The summed E-state index contributed by atoms with van der Waals surface area (Å²) in [6, 6.07) is 15.2. The number of phenols is 1. The third kappa shape index (κ3) is 4.95. The number of hydrogen-bond donors (Lipinski definition) is 1. The molecule has 3 aromatic rings. The van der Waals surface area contributed by atoms with E-state index in [2.05, 4.69) is 50.3 Å². The highest BCUT2D eigenvalue weighted by Gasteiger charge is 2.11. The van der Waals surface area contributed by atoms with E-state index in [-0.39, 0.29) is 5.75 Å². The third-order valence-corrected chi connectivity index (χ3v) is 5.17. The van der Waals surface area contributed by atoms with Crippen molar-refractivity contribution in [3.63, 3.8) is 0 Å². The van der Waals surface area contributed by atoms with Gasteiger partial charge in [0.15, 0.2) is 5.82 Å². The Bertz CT molecular complexity index is 876. The zero-order valence-electron chi connectivity index (χ0n) is 14.3. The van der Waals surface area contributed by atoms with Crippen molar-refractivity contribution < 1.29 is 5.11 Å². The molecule has 1 aromatic heterocycles. The molecule has 0 saturated heterocycles. The summed E-state index contributed by atoms with van der Waals surface area (Å²) >= 11 is 5.06. The van der Waals surface area contributed by atoms with Crippen LogP contribution in [0.15, 0.2) is 63.3 Å². The molecule has 0 spiro atoms. The van der Waals surface area contributed by atoms with Crippen molar-refractivity contribution >= 4 is 33.9 Å². The fourth-order valence-electron chi connectivity index (χ4n) is 2.29. The SMILES string of the molecule is CCCc1nnc(SCc2ccc(Br)cc2)n1/N=C/c1ccc(O)cc1. The second-order valence-corrected chi connectivity index (χ2v) is 7.57. The summed E-state index contributed by atoms with van der Waals surface area (Å²) in [6.45, 7) is 2.11. The summed E-state index contributed by atoms with van der Waals surface area (Å²) in [5, 5.41) is 23.3. The van der Waals surface area contributed by atoms with E-state index >= 15 is 0 Å². The number of phenolic OH excluding ortho intramolecular Hbond substituents is 1. The quantitative estimate of drug-likeness (QED) is 0.428. The molecule has 0 fully saturated rings. The van der Waals surface area contributed by atoms with Crippen molar-refractivity contribution in [2.45, 2.75) is 30.7 Å². The van der Waals surface area contributed by atoms with Crippen molar-refractivity contribution in [3.05, 3.63) is 70.0 Å². The Labute approximate surface area is 165 Å². The number of hydrogen-bond acceptors (Lipinski definition) is 5. The minimum Gasteiger partial charge on any atom is -0.508 e. The van der Waals surface area contributed by atoms with Crippen molar-refractivity contribution in [1.82, 2.24) is 14.9 Å². The van der Waals surface area contributed by atoms with Crippen molar-refractivity contribution in [2.75, 3.05) is 0 Å². The molecule has 2 aromatic carbocycles. The van der Waals surface area contributed by atoms with E-state index in [9.17, 15) is 5.11 Å². The van der Waals surface area contributed by atoms with E-state index in [1.807, 2.05) is 24.3 Å². The average Bonchev–Trinajstić information content (AvgIpc) is 3.03. The van der Waals surface area contributed by atoms with Crippen LogP contribution in [-0.4, -0.2) is 26.2 Å². The van der Waals surface area contributed by atoms with E-state index in [1.54, 1.807) is 34.8 Å². The molecule has 7 heteroatoms. The number of nitrogens with zero attached hydrogens (tertiary/aromatic N) is 4. The monoisotopic (exact) mass is 430 g/mol. The van der Waals surface area contributed by atoms with Crippen LogP contribution in [0.3, 0.4) is 0 Å². The molecular weight excluding hydrogens is 412 g/mol. The highest BCUT2D eigenvalue weighted by molar-refractivity contribution is 9.10. The minimum absolute atomic E-state index is 0.240. The van der Waals surface area contributed by atoms with Crippen molar-refractivity contribution in [1.29, 1.82) is 0 Å². The molecule has 0 aliphatic rings. The fourth-order valence-corrected chi connectivity index (χ4v) is 3.42. The highest BCUT2D eigenvalue weighted by Crippen LogP contribution is 2.23. The fraction of sp³-hybridized carbons (Fsp3) is 0.211. The van der Waals surface area contributed by atoms with Gasteiger partial charge in [0, 0.05) is 16.6 Å². The molecule has 5 nitrogen and oxygen atoms in total. The molecular formula is C19H19BrN4OS. The van der Waals surface area contributed by atoms with Gasteiger partial charge in [-0.2, -0.15) is 9.78 Å². The van der Waals surface area contributed by atoms with Gasteiger partial charge < -0.3 is 5.11 Å². The molecule has 134 valence electrons. The predicted molar refractivity (Wildman–Crippen MR) is 109 cm³/mol. The first-order valence-electron chi connectivity index (χ1n) is 8.30. The van der Waals surface area contributed by atoms with Gasteiger partial charge in [0.25, 0.3) is 0 Å². The minimum atomic E-state index is 0.240. The summed E-state index contributed by atoms with van der Waals surface area (Å²) in [5.41, 5.74) is 2.12. The lowest BCUT2D eigenvalue weighted by Crippen LogP contribution is -2.00. The maximum absolute atomic E-state index is 9.39. The van der Waals surface area contributed by atoms with Gasteiger partial charge in [-0.05, 0) is 53.9 Å². The molecule has 1 heterocycles. The largest absolute Gasteiger partial charge is 0.508 e. The molecule has 3 rings (SSSR count). The molecule has 26 heavy (non-hydrogen) atoms. The van der Waals surface area contributed by atoms with Gasteiger partial charge in [-0.15, -0.1) is 10.2 Å². The molecule has 0 saturated carbocycles. The molecule has 0 aliphatic heterocycles. The van der Waals surface area contributed by atoms with Crippen LogP contribution in [0.5, 0.6) is 5.75 Å². The third-order valence-electron chi connectivity index (χ3n) is 3.65. The summed E-state index contributed by atoms with van der Waals surface area (Å²) in [5.74, 6) is 1.89. The Morgan fingerprint density at radius 3 is 2.54 bits per heavy atom. The number of benzene rings is 2. The lowest BCUT2D eigenvalue weighted by Gasteiger charge is -2.04. The van der Waals surface area contributed by atoms with Gasteiger partial charge >= 0.3 is 0 Å². The van der Waals surface area contributed by atoms with Gasteiger partial charge in [-0.3, -0.25) is 0 Å². The summed E-state index contributed by atoms with van der Waals surface area (Å²) in [4.78, 5) is 0. The predicted octanol–water partition coefficient (Wildman–Crippen LogP) is 4.87. The van der Waals surface area contributed by atoms with E-state index < -0.39 is 0 Å². The summed E-state index contributed by atoms with van der Waals surface area (Å²) in [7, 11) is 0. The van der Waals surface area contributed by atoms with Crippen LogP contribution >= 0.6 is 27.7 Å². The second kappa shape index (κ2) is 9.00. The Morgan fingerprint density at radius 1 is 1.12 bits per heavy atom. The zero-order chi connectivity index (χ0) is 18.4. The summed E-state index contributed by atoms with van der Waals surface area (Å²) < 4.78 is 2.87. The first-order valence-corrected chi connectivity index (χ1v) is 10.1. The number of rotatable bonds is 7. The Morgan fingerprint density at radius 2 is 1.85 bits per heavy atom. The molecule has 0 amide bonds. The average molecular weight is 431 g/mol. The van der Waals surface area contributed by atoms with Crippen molar-refractivity contribution in [3.8, 4) is 5.75 Å². The zero-order valence-corrected chi connectivity index (χ0v) is 16.7. The second-order valence-electron chi connectivity index (χ2n) is 5.71. The van der Waals surface area contributed by atoms with Crippen LogP contribution in [0.2, 0.25) is 0 Å². The Hall–Kier alpha value is -2.12. The molecule has 0 radical (unpaired) electrons. The number of thioether (sulfide) groups is 1. The lowest BCUT2D eigenvalue weighted by molar-refractivity contribution is 0.475. The first-order chi connectivity index (χ1) is 12.7. The maximum Gasteiger partial charge on any atom is 0.212 e. The van der Waals surface area contributed by atoms with Gasteiger partial charge in [0.1, 0.15) is 5.75 Å². The van der Waals surface area contributed by atoms with Crippen LogP contribution in [0.4, 0.5) is 0 Å². The Kier molecular flexibility index (Phi) is 6.46. The van der Waals surface area contributed by atoms with Crippen LogP contribution in [-0.2, 0) is 12.2 Å².